The lowest BCUT2D eigenvalue weighted by molar-refractivity contribution is -0.143. The zero-order valence-corrected chi connectivity index (χ0v) is 10.3. The van der Waals surface area contributed by atoms with Crippen LogP contribution in [0.15, 0.2) is 18.2 Å². The number of hydrogen-bond donors (Lipinski definition) is 0. The minimum absolute atomic E-state index is 0.141. The fourth-order valence-corrected chi connectivity index (χ4v) is 2.66. The molecule has 17 heavy (non-hydrogen) atoms. The highest BCUT2D eigenvalue weighted by Gasteiger charge is 2.52. The largest absolute Gasteiger partial charge is 0.475 e. The van der Waals surface area contributed by atoms with Gasteiger partial charge < -0.3 is 9.64 Å². The van der Waals surface area contributed by atoms with Crippen molar-refractivity contribution < 1.29 is 9.53 Å². The van der Waals surface area contributed by atoms with Gasteiger partial charge in [-0.25, -0.2) is 0 Å². The molecule has 1 saturated carbocycles. The Hall–Kier alpha value is -1.51. The molecular weight excluding hydrogens is 214 g/mol. The van der Waals surface area contributed by atoms with E-state index in [1.54, 1.807) is 0 Å². The molecule has 3 heteroatoms. The highest BCUT2D eigenvalue weighted by atomic mass is 16.5. The van der Waals surface area contributed by atoms with Gasteiger partial charge in [0.05, 0.1) is 5.69 Å². The summed E-state index contributed by atoms with van der Waals surface area (Å²) in [7, 11) is 0. The van der Waals surface area contributed by atoms with Crippen LogP contribution in [0.2, 0.25) is 0 Å². The third-order valence-electron chi connectivity index (χ3n) is 3.82. The Morgan fingerprint density at radius 2 is 2.18 bits per heavy atom. The number of likely N-dealkylation sites (N-methyl/N-ethyl adjacent to an activating group) is 1. The Morgan fingerprint density at radius 1 is 1.41 bits per heavy atom. The molecule has 1 aliphatic heterocycles. The number of fused-ring (bicyclic) bond motifs is 1. The van der Waals surface area contributed by atoms with E-state index in [1.165, 1.54) is 5.56 Å². The molecule has 1 spiro atoms. The first-order valence-electron chi connectivity index (χ1n) is 6.28. The summed E-state index contributed by atoms with van der Waals surface area (Å²) in [5, 5.41) is 0. The van der Waals surface area contributed by atoms with E-state index in [4.69, 9.17) is 4.74 Å². The molecule has 1 fully saturated rings. The van der Waals surface area contributed by atoms with E-state index in [9.17, 15) is 4.79 Å². The lowest BCUT2D eigenvalue weighted by atomic mass is 9.77. The molecule has 1 aliphatic carbocycles. The first kappa shape index (κ1) is 10.6. The summed E-state index contributed by atoms with van der Waals surface area (Å²) in [6, 6.07) is 6.04. The Kier molecular flexibility index (Phi) is 2.18. The van der Waals surface area contributed by atoms with Crippen molar-refractivity contribution in [2.24, 2.45) is 0 Å². The summed E-state index contributed by atoms with van der Waals surface area (Å²) in [5.41, 5.74) is 1.54. The van der Waals surface area contributed by atoms with Crippen molar-refractivity contribution in [3.63, 3.8) is 0 Å². The van der Waals surface area contributed by atoms with Crippen LogP contribution in [0.25, 0.3) is 0 Å². The van der Waals surface area contributed by atoms with Crippen LogP contribution in [0.5, 0.6) is 5.75 Å². The second kappa shape index (κ2) is 3.49. The van der Waals surface area contributed by atoms with Crippen molar-refractivity contribution in [3.8, 4) is 5.75 Å². The molecule has 0 N–H and O–H groups in total. The second-order valence-electron chi connectivity index (χ2n) is 4.97. The summed E-state index contributed by atoms with van der Waals surface area (Å²) in [5.74, 6) is 1.01. The number of ether oxygens (including phenoxy) is 1. The molecular formula is C14H17NO2. The van der Waals surface area contributed by atoms with Gasteiger partial charge in [-0.2, -0.15) is 0 Å². The maximum Gasteiger partial charge on any atom is 0.271 e. The molecule has 1 heterocycles. The average Bonchev–Trinajstić information content (AvgIpc) is 2.26. The molecule has 1 amide bonds. The van der Waals surface area contributed by atoms with E-state index in [1.807, 2.05) is 36.9 Å². The molecule has 0 atom stereocenters. The Bertz CT molecular complexity index is 477. The molecule has 3 nitrogen and oxygen atoms in total. The van der Waals surface area contributed by atoms with Gasteiger partial charge in [0.1, 0.15) is 5.75 Å². The van der Waals surface area contributed by atoms with Crippen molar-refractivity contribution in [1.82, 2.24) is 0 Å². The van der Waals surface area contributed by atoms with Crippen LogP contribution in [0.3, 0.4) is 0 Å². The number of hydrogen-bond acceptors (Lipinski definition) is 2. The normalized spacial score (nSPS) is 20.8. The van der Waals surface area contributed by atoms with Crippen molar-refractivity contribution >= 4 is 11.6 Å². The van der Waals surface area contributed by atoms with Crippen LogP contribution in [0, 0.1) is 6.92 Å². The van der Waals surface area contributed by atoms with Crippen LogP contribution in [0.1, 0.15) is 31.7 Å². The number of carbonyl (C=O) groups is 1. The predicted octanol–water partition coefficient (Wildman–Crippen LogP) is 2.66. The van der Waals surface area contributed by atoms with E-state index in [0.29, 0.717) is 6.54 Å². The Labute approximate surface area is 101 Å². The van der Waals surface area contributed by atoms with E-state index < -0.39 is 5.60 Å². The maximum atomic E-state index is 12.4. The standard InChI is InChI=1S/C14H17NO2/c1-3-15-11-6-5-10(2)9-12(11)17-14(13(15)16)7-4-8-14/h5-6,9H,3-4,7-8H2,1-2H3. The number of benzene rings is 1. The van der Waals surface area contributed by atoms with Gasteiger partial charge in [0.2, 0.25) is 0 Å². The zero-order valence-electron chi connectivity index (χ0n) is 10.3. The van der Waals surface area contributed by atoms with E-state index in [-0.39, 0.29) is 5.91 Å². The van der Waals surface area contributed by atoms with Gasteiger partial charge in [-0.3, -0.25) is 4.79 Å². The van der Waals surface area contributed by atoms with E-state index in [0.717, 1.165) is 30.7 Å². The van der Waals surface area contributed by atoms with Gasteiger partial charge in [-0.05, 0) is 50.8 Å². The second-order valence-corrected chi connectivity index (χ2v) is 4.97. The molecule has 90 valence electrons. The summed E-state index contributed by atoms with van der Waals surface area (Å²) in [4.78, 5) is 14.3. The smallest absolute Gasteiger partial charge is 0.271 e. The lowest BCUT2D eigenvalue weighted by Gasteiger charge is -2.47. The van der Waals surface area contributed by atoms with Gasteiger partial charge in [0, 0.05) is 6.54 Å². The number of anilines is 1. The predicted molar refractivity (Wildman–Crippen MR) is 66.4 cm³/mol. The fourth-order valence-electron chi connectivity index (χ4n) is 2.66. The van der Waals surface area contributed by atoms with Crippen molar-refractivity contribution in [2.45, 2.75) is 38.7 Å². The lowest BCUT2D eigenvalue weighted by Crippen LogP contribution is -2.59. The summed E-state index contributed by atoms with van der Waals surface area (Å²) in [6.07, 6.45) is 2.80. The van der Waals surface area contributed by atoms with E-state index >= 15 is 0 Å². The van der Waals surface area contributed by atoms with E-state index in [2.05, 4.69) is 0 Å². The number of aryl methyl sites for hydroxylation is 1. The van der Waals surface area contributed by atoms with Gasteiger partial charge in [0.15, 0.2) is 5.60 Å². The van der Waals surface area contributed by atoms with Gasteiger partial charge in [0.25, 0.3) is 5.91 Å². The summed E-state index contributed by atoms with van der Waals surface area (Å²) in [6.45, 7) is 4.77. The fraction of sp³-hybridized carbons (Fsp3) is 0.500. The quantitative estimate of drug-likeness (QED) is 0.743. The molecule has 0 radical (unpaired) electrons. The van der Waals surface area contributed by atoms with Crippen LogP contribution in [-0.4, -0.2) is 18.1 Å². The first-order chi connectivity index (χ1) is 8.16. The molecule has 1 aromatic carbocycles. The van der Waals surface area contributed by atoms with Crippen LogP contribution in [-0.2, 0) is 4.79 Å². The molecule has 0 aromatic heterocycles. The number of rotatable bonds is 1. The van der Waals surface area contributed by atoms with Crippen LogP contribution in [0.4, 0.5) is 5.69 Å². The van der Waals surface area contributed by atoms with Crippen LogP contribution >= 0.6 is 0 Å². The average molecular weight is 231 g/mol. The molecule has 3 rings (SSSR count). The SMILES string of the molecule is CCN1C(=O)C2(CCC2)Oc2cc(C)ccc21. The molecule has 0 unspecified atom stereocenters. The summed E-state index contributed by atoms with van der Waals surface area (Å²) < 4.78 is 5.99. The zero-order chi connectivity index (χ0) is 12.0. The van der Waals surface area contributed by atoms with Crippen molar-refractivity contribution in [3.05, 3.63) is 23.8 Å². The van der Waals surface area contributed by atoms with Crippen LogP contribution < -0.4 is 9.64 Å². The molecule has 0 saturated heterocycles. The number of carbonyl (C=O) groups excluding carboxylic acids is 1. The Balaban J connectivity index is 2.10. The third kappa shape index (κ3) is 1.38. The monoisotopic (exact) mass is 231 g/mol. The highest BCUT2D eigenvalue weighted by molar-refractivity contribution is 6.03. The topological polar surface area (TPSA) is 29.5 Å². The van der Waals surface area contributed by atoms with Crippen molar-refractivity contribution in [1.29, 1.82) is 0 Å². The number of nitrogens with zero attached hydrogens (tertiary/aromatic N) is 1. The molecule has 0 bridgehead atoms. The maximum absolute atomic E-state index is 12.4. The third-order valence-corrected chi connectivity index (χ3v) is 3.82. The highest BCUT2D eigenvalue weighted by Crippen LogP contribution is 2.46. The first-order valence-corrected chi connectivity index (χ1v) is 6.28. The molecule has 1 aromatic rings. The minimum atomic E-state index is -0.545. The Morgan fingerprint density at radius 3 is 2.76 bits per heavy atom. The summed E-state index contributed by atoms with van der Waals surface area (Å²) >= 11 is 0. The molecule has 2 aliphatic rings. The number of amides is 1. The van der Waals surface area contributed by atoms with Gasteiger partial charge in [-0.1, -0.05) is 6.07 Å². The van der Waals surface area contributed by atoms with Crippen molar-refractivity contribution in [2.75, 3.05) is 11.4 Å². The van der Waals surface area contributed by atoms with Gasteiger partial charge >= 0.3 is 0 Å². The minimum Gasteiger partial charge on any atom is -0.475 e. The van der Waals surface area contributed by atoms with Gasteiger partial charge in [-0.15, -0.1) is 0 Å².